The van der Waals surface area contributed by atoms with E-state index in [2.05, 4.69) is 5.32 Å². The van der Waals surface area contributed by atoms with E-state index in [0.29, 0.717) is 5.76 Å². The highest BCUT2D eigenvalue weighted by atomic mass is 35.5. The summed E-state index contributed by atoms with van der Waals surface area (Å²) in [6.07, 6.45) is 1.48. The summed E-state index contributed by atoms with van der Waals surface area (Å²) in [7, 11) is 0. The number of hydrogen-bond acceptors (Lipinski definition) is 4. The van der Waals surface area contributed by atoms with E-state index < -0.39 is 16.5 Å². The van der Waals surface area contributed by atoms with E-state index >= 15 is 0 Å². The molecule has 0 radical (unpaired) electrons. The van der Waals surface area contributed by atoms with Gasteiger partial charge in [-0.2, -0.15) is 0 Å². The standard InChI is InChI=1S/C12H8Cl2N2O4/c13-9-4-7(5-10(11(9)14)16(18)19)12(17)15-6-8-2-1-3-20-8/h1-5H,6H2,(H,15,17). The summed E-state index contributed by atoms with van der Waals surface area (Å²) in [5.41, 5.74) is -0.361. The number of amides is 1. The lowest BCUT2D eigenvalue weighted by molar-refractivity contribution is -0.384. The van der Waals surface area contributed by atoms with E-state index in [1.165, 1.54) is 12.3 Å². The Hall–Kier alpha value is -2.05. The Labute approximate surface area is 123 Å². The molecule has 1 aromatic carbocycles. The minimum absolute atomic E-state index is 0.0518. The number of nitrogens with one attached hydrogen (secondary N) is 1. The van der Waals surface area contributed by atoms with Crippen LogP contribution in [0.3, 0.4) is 0 Å². The zero-order chi connectivity index (χ0) is 14.7. The molecule has 6 nitrogen and oxygen atoms in total. The second-order valence-electron chi connectivity index (χ2n) is 3.81. The maximum Gasteiger partial charge on any atom is 0.290 e. The molecule has 0 spiro atoms. The number of nitro benzene ring substituents is 1. The van der Waals surface area contributed by atoms with Crippen molar-refractivity contribution in [1.82, 2.24) is 5.32 Å². The van der Waals surface area contributed by atoms with Gasteiger partial charge in [0.25, 0.3) is 11.6 Å². The predicted molar refractivity (Wildman–Crippen MR) is 73.0 cm³/mol. The van der Waals surface area contributed by atoms with Crippen LogP contribution in [-0.2, 0) is 6.54 Å². The van der Waals surface area contributed by atoms with Crippen molar-refractivity contribution in [3.63, 3.8) is 0 Å². The van der Waals surface area contributed by atoms with Crippen LogP contribution in [0, 0.1) is 10.1 Å². The average Bonchev–Trinajstić information content (AvgIpc) is 2.91. The van der Waals surface area contributed by atoms with Gasteiger partial charge >= 0.3 is 0 Å². The van der Waals surface area contributed by atoms with Crippen LogP contribution in [-0.4, -0.2) is 10.8 Å². The van der Waals surface area contributed by atoms with E-state index in [1.807, 2.05) is 0 Å². The molecule has 8 heteroatoms. The summed E-state index contributed by atoms with van der Waals surface area (Å²) in [6.45, 7) is 0.167. The van der Waals surface area contributed by atoms with Crippen LogP contribution in [0.4, 0.5) is 5.69 Å². The topological polar surface area (TPSA) is 85.4 Å². The average molecular weight is 315 g/mol. The summed E-state index contributed by atoms with van der Waals surface area (Å²) in [6, 6.07) is 5.73. The fraction of sp³-hybridized carbons (Fsp3) is 0.0833. The molecule has 1 N–H and O–H groups in total. The molecule has 0 saturated heterocycles. The third-order valence-corrected chi connectivity index (χ3v) is 3.26. The number of halogens is 2. The molecule has 20 heavy (non-hydrogen) atoms. The predicted octanol–water partition coefficient (Wildman–Crippen LogP) is 3.42. The Bertz CT molecular complexity index is 656. The SMILES string of the molecule is O=C(NCc1ccco1)c1cc(Cl)c(Cl)c([N+](=O)[O-])c1. The molecule has 0 saturated carbocycles. The highest BCUT2D eigenvalue weighted by Crippen LogP contribution is 2.33. The van der Waals surface area contributed by atoms with Crippen molar-refractivity contribution in [2.24, 2.45) is 0 Å². The van der Waals surface area contributed by atoms with Crippen LogP contribution < -0.4 is 5.32 Å². The monoisotopic (exact) mass is 314 g/mol. The first-order chi connectivity index (χ1) is 9.49. The van der Waals surface area contributed by atoms with E-state index in [0.717, 1.165) is 6.07 Å². The molecule has 104 valence electrons. The first-order valence-corrected chi connectivity index (χ1v) is 6.18. The molecule has 2 rings (SSSR count). The van der Waals surface area contributed by atoms with Crippen molar-refractivity contribution in [3.05, 3.63) is 62.0 Å². The van der Waals surface area contributed by atoms with Gasteiger partial charge in [-0.3, -0.25) is 14.9 Å². The van der Waals surface area contributed by atoms with Gasteiger partial charge in [-0.1, -0.05) is 23.2 Å². The van der Waals surface area contributed by atoms with Gasteiger partial charge in [0.15, 0.2) is 0 Å². The number of nitro groups is 1. The van der Waals surface area contributed by atoms with Gasteiger partial charge in [0.2, 0.25) is 0 Å². The molecule has 0 unspecified atom stereocenters. The van der Waals surface area contributed by atoms with Crippen molar-refractivity contribution in [2.75, 3.05) is 0 Å². The minimum atomic E-state index is -0.697. The smallest absolute Gasteiger partial charge is 0.290 e. The summed E-state index contributed by atoms with van der Waals surface area (Å²) >= 11 is 11.5. The van der Waals surface area contributed by atoms with Crippen molar-refractivity contribution in [3.8, 4) is 0 Å². The van der Waals surface area contributed by atoms with Gasteiger partial charge in [-0.25, -0.2) is 0 Å². The maximum absolute atomic E-state index is 11.9. The summed E-state index contributed by atoms with van der Waals surface area (Å²) in [5, 5.41) is 13.1. The van der Waals surface area contributed by atoms with Crippen molar-refractivity contribution >= 4 is 34.8 Å². The fourth-order valence-electron chi connectivity index (χ4n) is 1.52. The number of benzene rings is 1. The maximum atomic E-state index is 11.9. The first kappa shape index (κ1) is 14.4. The van der Waals surface area contributed by atoms with Crippen LogP contribution in [0.15, 0.2) is 34.9 Å². The van der Waals surface area contributed by atoms with Gasteiger partial charge in [0.05, 0.1) is 22.8 Å². The number of carbonyl (C=O) groups excluding carboxylic acids is 1. The molecule has 1 aromatic heterocycles. The number of carbonyl (C=O) groups is 1. The third-order valence-electron chi connectivity index (χ3n) is 2.47. The largest absolute Gasteiger partial charge is 0.467 e. The van der Waals surface area contributed by atoms with Gasteiger partial charge in [-0.15, -0.1) is 0 Å². The molecular formula is C12H8Cl2N2O4. The molecular weight excluding hydrogens is 307 g/mol. The third kappa shape index (κ3) is 3.09. The zero-order valence-electron chi connectivity index (χ0n) is 9.93. The Morgan fingerprint density at radius 2 is 2.15 bits per heavy atom. The number of rotatable bonds is 4. The lowest BCUT2D eigenvalue weighted by Gasteiger charge is -2.05. The molecule has 2 aromatic rings. The highest BCUT2D eigenvalue weighted by molar-refractivity contribution is 6.43. The fourth-order valence-corrected chi connectivity index (χ4v) is 1.91. The summed E-state index contributed by atoms with van der Waals surface area (Å²) in [5.74, 6) is 0.0518. The van der Waals surface area contributed by atoms with Crippen LogP contribution in [0.25, 0.3) is 0 Å². The molecule has 0 fully saturated rings. The second kappa shape index (κ2) is 5.94. The van der Waals surface area contributed by atoms with Crippen molar-refractivity contribution < 1.29 is 14.1 Å². The van der Waals surface area contributed by atoms with E-state index in [9.17, 15) is 14.9 Å². The molecule has 1 heterocycles. The Kier molecular flexibility index (Phi) is 4.26. The summed E-state index contributed by atoms with van der Waals surface area (Å²) < 4.78 is 5.05. The van der Waals surface area contributed by atoms with Crippen molar-refractivity contribution in [2.45, 2.75) is 6.54 Å². The molecule has 0 aliphatic heterocycles. The minimum Gasteiger partial charge on any atom is -0.467 e. The van der Waals surface area contributed by atoms with Crippen LogP contribution in [0.5, 0.6) is 0 Å². The zero-order valence-corrected chi connectivity index (χ0v) is 11.4. The Balaban J connectivity index is 2.19. The summed E-state index contributed by atoms with van der Waals surface area (Å²) in [4.78, 5) is 22.0. The molecule has 1 amide bonds. The lowest BCUT2D eigenvalue weighted by Crippen LogP contribution is -2.22. The van der Waals surface area contributed by atoms with Gasteiger partial charge in [-0.05, 0) is 18.2 Å². The van der Waals surface area contributed by atoms with Gasteiger partial charge in [0, 0.05) is 11.6 Å². The van der Waals surface area contributed by atoms with Crippen LogP contribution in [0.1, 0.15) is 16.1 Å². The van der Waals surface area contributed by atoms with E-state index in [4.69, 9.17) is 27.6 Å². The van der Waals surface area contributed by atoms with Crippen LogP contribution in [0.2, 0.25) is 10.0 Å². The van der Waals surface area contributed by atoms with Crippen molar-refractivity contribution in [1.29, 1.82) is 0 Å². The van der Waals surface area contributed by atoms with E-state index in [1.54, 1.807) is 12.1 Å². The second-order valence-corrected chi connectivity index (χ2v) is 4.60. The van der Waals surface area contributed by atoms with Gasteiger partial charge in [0.1, 0.15) is 10.8 Å². The lowest BCUT2D eigenvalue weighted by atomic mass is 10.2. The number of nitrogens with zero attached hydrogens (tertiary/aromatic N) is 1. The normalized spacial score (nSPS) is 10.3. The first-order valence-electron chi connectivity index (χ1n) is 5.43. The van der Waals surface area contributed by atoms with Crippen LogP contribution >= 0.6 is 23.2 Å². The Morgan fingerprint density at radius 3 is 2.75 bits per heavy atom. The highest BCUT2D eigenvalue weighted by Gasteiger charge is 2.20. The van der Waals surface area contributed by atoms with Gasteiger partial charge < -0.3 is 9.73 Å². The molecule has 0 aliphatic carbocycles. The quantitative estimate of drug-likeness (QED) is 0.692. The number of furan rings is 1. The molecule has 0 aliphatic rings. The molecule has 0 bridgehead atoms. The van der Waals surface area contributed by atoms with E-state index in [-0.39, 0.29) is 22.2 Å². The number of hydrogen-bond donors (Lipinski definition) is 1. The molecule has 0 atom stereocenters. The Morgan fingerprint density at radius 1 is 1.40 bits per heavy atom.